The molecule has 3 rings (SSSR count). The van der Waals surface area contributed by atoms with Gasteiger partial charge in [-0.05, 0) is 31.5 Å². The summed E-state index contributed by atoms with van der Waals surface area (Å²) in [6.07, 6.45) is 0. The van der Waals surface area contributed by atoms with Crippen LogP contribution in [0.25, 0.3) is 0 Å². The third-order valence-electron chi connectivity index (χ3n) is 4.80. The molecule has 1 saturated heterocycles. The molecule has 0 amide bonds. The molecule has 0 spiro atoms. The lowest BCUT2D eigenvalue weighted by atomic mass is 9.97. The molecule has 2 aromatic rings. The van der Waals surface area contributed by atoms with Crippen molar-refractivity contribution >= 4 is 5.97 Å². The third kappa shape index (κ3) is 4.30. The monoisotopic (exact) mass is 342 g/mol. The number of benzene rings is 1. The Balaban J connectivity index is 1.60. The topological polar surface area (TPSA) is 45.9 Å². The summed E-state index contributed by atoms with van der Waals surface area (Å²) in [7, 11) is 1.36. The van der Waals surface area contributed by atoms with E-state index in [9.17, 15) is 4.79 Å². The molecule has 0 saturated carbocycles. The summed E-state index contributed by atoms with van der Waals surface area (Å²) in [5.41, 5.74) is 1.42. The van der Waals surface area contributed by atoms with Crippen LogP contribution in [-0.4, -0.2) is 48.1 Å². The van der Waals surface area contributed by atoms with Crippen LogP contribution in [0.3, 0.4) is 0 Å². The zero-order chi connectivity index (χ0) is 17.9. The summed E-state index contributed by atoms with van der Waals surface area (Å²) < 4.78 is 10.3. The molecule has 25 heavy (non-hydrogen) atoms. The summed E-state index contributed by atoms with van der Waals surface area (Å²) in [6, 6.07) is 14.1. The van der Waals surface area contributed by atoms with Gasteiger partial charge in [-0.2, -0.15) is 0 Å². The molecule has 2 heterocycles. The third-order valence-corrected chi connectivity index (χ3v) is 4.80. The van der Waals surface area contributed by atoms with E-state index < -0.39 is 5.97 Å². The van der Waals surface area contributed by atoms with Gasteiger partial charge in [-0.25, -0.2) is 4.79 Å². The molecule has 1 aliphatic heterocycles. The number of rotatable bonds is 5. The minimum atomic E-state index is -0.431. The predicted molar refractivity (Wildman–Crippen MR) is 96.3 cm³/mol. The van der Waals surface area contributed by atoms with Crippen molar-refractivity contribution in [2.24, 2.45) is 0 Å². The zero-order valence-corrected chi connectivity index (χ0v) is 15.2. The molecule has 5 heteroatoms. The maximum absolute atomic E-state index is 11.5. The zero-order valence-electron chi connectivity index (χ0n) is 15.2. The lowest BCUT2D eigenvalue weighted by Gasteiger charge is -2.47. The smallest absolute Gasteiger partial charge is 0.373 e. The van der Waals surface area contributed by atoms with E-state index in [4.69, 9.17) is 9.15 Å². The molecule has 5 nitrogen and oxygen atoms in total. The normalized spacial score (nSPS) is 18.2. The maximum atomic E-state index is 11.5. The van der Waals surface area contributed by atoms with Crippen LogP contribution in [0.2, 0.25) is 0 Å². The Hall–Kier alpha value is -2.11. The minimum Gasteiger partial charge on any atom is -0.463 e. The van der Waals surface area contributed by atoms with Gasteiger partial charge in [-0.15, -0.1) is 0 Å². The van der Waals surface area contributed by atoms with Crippen molar-refractivity contribution in [3.8, 4) is 0 Å². The molecule has 0 radical (unpaired) electrons. The van der Waals surface area contributed by atoms with E-state index in [0.29, 0.717) is 6.54 Å². The van der Waals surface area contributed by atoms with Crippen LogP contribution >= 0.6 is 0 Å². The first-order valence-corrected chi connectivity index (χ1v) is 8.66. The first-order chi connectivity index (χ1) is 12.0. The van der Waals surface area contributed by atoms with E-state index in [-0.39, 0.29) is 11.3 Å². The van der Waals surface area contributed by atoms with E-state index in [1.807, 2.05) is 6.07 Å². The molecule has 1 fully saturated rings. The molecule has 0 bridgehead atoms. The van der Waals surface area contributed by atoms with Crippen molar-refractivity contribution in [2.75, 3.05) is 26.7 Å². The Kier molecular flexibility index (Phi) is 5.25. The maximum Gasteiger partial charge on any atom is 0.373 e. The first kappa shape index (κ1) is 17.7. The second-order valence-electron chi connectivity index (χ2n) is 7.19. The highest BCUT2D eigenvalue weighted by atomic mass is 16.5. The fraction of sp³-hybridized carbons (Fsp3) is 0.450. The summed E-state index contributed by atoms with van der Waals surface area (Å²) in [5.74, 6) is 0.631. The number of ether oxygens (including phenoxy) is 1. The number of furan rings is 1. The van der Waals surface area contributed by atoms with Gasteiger partial charge >= 0.3 is 5.97 Å². The van der Waals surface area contributed by atoms with Gasteiger partial charge in [0.1, 0.15) is 5.76 Å². The van der Waals surface area contributed by atoms with Gasteiger partial charge in [0.05, 0.1) is 13.7 Å². The van der Waals surface area contributed by atoms with Gasteiger partial charge in [-0.1, -0.05) is 30.3 Å². The lowest BCUT2D eigenvalue weighted by Crippen LogP contribution is -2.58. The quantitative estimate of drug-likeness (QED) is 0.781. The Labute approximate surface area is 149 Å². The summed E-state index contributed by atoms with van der Waals surface area (Å²) in [4.78, 5) is 16.4. The van der Waals surface area contributed by atoms with E-state index in [2.05, 4.69) is 54.0 Å². The van der Waals surface area contributed by atoms with Gasteiger partial charge < -0.3 is 9.15 Å². The second-order valence-corrected chi connectivity index (χ2v) is 7.19. The number of esters is 1. The number of hydrogen-bond donors (Lipinski definition) is 0. The molecule has 1 aromatic heterocycles. The Morgan fingerprint density at radius 2 is 1.88 bits per heavy atom. The summed E-state index contributed by atoms with van der Waals surface area (Å²) >= 11 is 0. The molecule has 0 aliphatic carbocycles. The highest BCUT2D eigenvalue weighted by Crippen LogP contribution is 2.24. The molecule has 134 valence electrons. The molecule has 0 N–H and O–H groups in total. The average molecular weight is 342 g/mol. The number of nitrogens with zero attached hydrogens (tertiary/aromatic N) is 2. The standard InChI is InChI=1S/C20H26N2O3/c1-20(2)15-21(14-17-9-10-18(25-17)19(23)24-3)11-12-22(20)13-16-7-5-4-6-8-16/h4-10H,11-15H2,1-3H3. The fourth-order valence-electron chi connectivity index (χ4n) is 3.42. The van der Waals surface area contributed by atoms with Crippen molar-refractivity contribution in [1.29, 1.82) is 0 Å². The molecule has 0 unspecified atom stereocenters. The van der Waals surface area contributed by atoms with Gasteiger partial charge in [-0.3, -0.25) is 9.80 Å². The largest absolute Gasteiger partial charge is 0.463 e. The first-order valence-electron chi connectivity index (χ1n) is 8.66. The van der Waals surface area contributed by atoms with Crippen molar-refractivity contribution in [3.63, 3.8) is 0 Å². The number of carbonyl (C=O) groups excluding carboxylic acids is 1. The van der Waals surface area contributed by atoms with Crippen LogP contribution in [0.1, 0.15) is 35.7 Å². The second kappa shape index (κ2) is 7.42. The summed E-state index contributed by atoms with van der Waals surface area (Å²) in [5, 5.41) is 0. The van der Waals surface area contributed by atoms with Crippen LogP contribution in [0.5, 0.6) is 0 Å². The molecule has 1 aromatic carbocycles. The Morgan fingerprint density at radius 1 is 1.12 bits per heavy atom. The number of carbonyl (C=O) groups is 1. The molecular formula is C20H26N2O3. The van der Waals surface area contributed by atoms with Gasteiger partial charge in [0.2, 0.25) is 5.76 Å². The van der Waals surface area contributed by atoms with Crippen LogP contribution in [0.4, 0.5) is 0 Å². The number of hydrogen-bond acceptors (Lipinski definition) is 5. The van der Waals surface area contributed by atoms with Crippen molar-refractivity contribution in [2.45, 2.75) is 32.5 Å². The molecular weight excluding hydrogens is 316 g/mol. The van der Waals surface area contributed by atoms with Crippen LogP contribution in [0, 0.1) is 0 Å². The summed E-state index contributed by atoms with van der Waals surface area (Å²) in [6.45, 7) is 9.17. The van der Waals surface area contributed by atoms with Crippen LogP contribution in [0.15, 0.2) is 46.9 Å². The number of piperazine rings is 1. The van der Waals surface area contributed by atoms with E-state index >= 15 is 0 Å². The van der Waals surface area contributed by atoms with Crippen molar-refractivity contribution < 1.29 is 13.9 Å². The van der Waals surface area contributed by atoms with Crippen molar-refractivity contribution in [1.82, 2.24) is 9.80 Å². The van der Waals surface area contributed by atoms with Crippen LogP contribution in [-0.2, 0) is 17.8 Å². The lowest BCUT2D eigenvalue weighted by molar-refractivity contribution is 0.00754. The molecule has 1 aliphatic rings. The fourth-order valence-corrected chi connectivity index (χ4v) is 3.42. The van der Waals surface area contributed by atoms with E-state index in [1.165, 1.54) is 12.7 Å². The average Bonchev–Trinajstić information content (AvgIpc) is 3.05. The van der Waals surface area contributed by atoms with Crippen LogP contribution < -0.4 is 0 Å². The van der Waals surface area contributed by atoms with Gasteiger partial charge in [0.25, 0.3) is 0 Å². The minimum absolute atomic E-state index is 0.0753. The predicted octanol–water partition coefficient (Wildman–Crippen LogP) is 3.16. The van der Waals surface area contributed by atoms with Gasteiger partial charge in [0, 0.05) is 31.7 Å². The molecule has 0 atom stereocenters. The van der Waals surface area contributed by atoms with E-state index in [0.717, 1.165) is 31.9 Å². The van der Waals surface area contributed by atoms with Crippen molar-refractivity contribution in [3.05, 3.63) is 59.5 Å². The Morgan fingerprint density at radius 3 is 2.56 bits per heavy atom. The van der Waals surface area contributed by atoms with Gasteiger partial charge in [0.15, 0.2) is 0 Å². The Bertz CT molecular complexity index is 709. The SMILES string of the molecule is COC(=O)c1ccc(CN2CCN(Cc3ccccc3)C(C)(C)C2)o1. The van der Waals surface area contributed by atoms with E-state index in [1.54, 1.807) is 6.07 Å². The highest BCUT2D eigenvalue weighted by molar-refractivity contribution is 5.86. The number of methoxy groups -OCH3 is 1. The highest BCUT2D eigenvalue weighted by Gasteiger charge is 2.33.